The third kappa shape index (κ3) is 2.05. The molecule has 1 saturated heterocycles. The van der Waals surface area contributed by atoms with Crippen LogP contribution >= 0.6 is 11.8 Å². The highest BCUT2D eigenvalue weighted by Crippen LogP contribution is 2.22. The third-order valence-electron chi connectivity index (χ3n) is 2.68. The quantitative estimate of drug-likeness (QED) is 0.579. The van der Waals surface area contributed by atoms with Crippen LogP contribution in [0.4, 0.5) is 0 Å². The summed E-state index contributed by atoms with van der Waals surface area (Å²) in [7, 11) is 0. The molecule has 0 radical (unpaired) electrons. The Balaban J connectivity index is 2.34. The number of ether oxygens (including phenoxy) is 1. The fourth-order valence-corrected chi connectivity index (χ4v) is 2.17. The van der Waals surface area contributed by atoms with Crippen LogP contribution in [0.15, 0.2) is 9.95 Å². The zero-order valence-corrected chi connectivity index (χ0v) is 9.87. The first-order valence-electron chi connectivity index (χ1n) is 5.10. The average molecular weight is 242 g/mol. The molecule has 2 rings (SSSR count). The molecule has 0 unspecified atom stereocenters. The molecule has 0 aliphatic carbocycles. The Kier molecular flexibility index (Phi) is 3.45. The average Bonchev–Trinajstić information content (AvgIpc) is 2.34. The van der Waals surface area contributed by atoms with Crippen molar-refractivity contribution in [1.82, 2.24) is 14.9 Å². The highest BCUT2D eigenvalue weighted by atomic mass is 32.2. The summed E-state index contributed by atoms with van der Waals surface area (Å²) in [6, 6.07) is 0. The van der Waals surface area contributed by atoms with Gasteiger partial charge in [0.25, 0.3) is 5.56 Å². The van der Waals surface area contributed by atoms with E-state index in [4.69, 9.17) is 10.6 Å². The molecule has 88 valence electrons. The van der Waals surface area contributed by atoms with Gasteiger partial charge in [0.1, 0.15) is 5.69 Å². The van der Waals surface area contributed by atoms with E-state index in [1.54, 1.807) is 6.26 Å². The smallest absolute Gasteiger partial charge is 0.294 e. The molecule has 16 heavy (non-hydrogen) atoms. The molecule has 7 heteroatoms. The van der Waals surface area contributed by atoms with Crippen molar-refractivity contribution in [2.45, 2.75) is 23.9 Å². The van der Waals surface area contributed by atoms with Crippen molar-refractivity contribution in [1.29, 1.82) is 0 Å². The van der Waals surface area contributed by atoms with Gasteiger partial charge in [-0.1, -0.05) is 11.8 Å². The second-order valence-electron chi connectivity index (χ2n) is 3.63. The van der Waals surface area contributed by atoms with Crippen molar-refractivity contribution >= 4 is 11.8 Å². The SMILES string of the molecule is CSc1nnc(C2CCOCC2)c(=O)n1N. The van der Waals surface area contributed by atoms with Crippen molar-refractivity contribution in [3.63, 3.8) is 0 Å². The fraction of sp³-hybridized carbons (Fsp3) is 0.667. The number of aromatic nitrogens is 3. The number of thioether (sulfide) groups is 1. The monoisotopic (exact) mass is 242 g/mol. The summed E-state index contributed by atoms with van der Waals surface area (Å²) in [6.45, 7) is 1.33. The molecule has 0 amide bonds. The lowest BCUT2D eigenvalue weighted by Gasteiger charge is -2.20. The third-order valence-corrected chi connectivity index (χ3v) is 3.32. The maximum atomic E-state index is 11.9. The highest BCUT2D eigenvalue weighted by Gasteiger charge is 2.22. The highest BCUT2D eigenvalue weighted by molar-refractivity contribution is 7.98. The minimum Gasteiger partial charge on any atom is -0.381 e. The van der Waals surface area contributed by atoms with Gasteiger partial charge in [-0.2, -0.15) is 4.68 Å². The number of hydrogen-bond acceptors (Lipinski definition) is 6. The summed E-state index contributed by atoms with van der Waals surface area (Å²) < 4.78 is 6.32. The van der Waals surface area contributed by atoms with E-state index >= 15 is 0 Å². The van der Waals surface area contributed by atoms with Gasteiger partial charge in [0, 0.05) is 19.1 Å². The molecular formula is C9H14N4O2S. The van der Waals surface area contributed by atoms with Crippen LogP contribution in [0.25, 0.3) is 0 Å². The van der Waals surface area contributed by atoms with Gasteiger partial charge in [0.15, 0.2) is 0 Å². The van der Waals surface area contributed by atoms with Crippen LogP contribution in [0.1, 0.15) is 24.5 Å². The largest absolute Gasteiger partial charge is 0.381 e. The van der Waals surface area contributed by atoms with Gasteiger partial charge >= 0.3 is 0 Å². The summed E-state index contributed by atoms with van der Waals surface area (Å²) in [5.74, 6) is 5.77. The van der Waals surface area contributed by atoms with Crippen LogP contribution in [-0.2, 0) is 4.74 Å². The van der Waals surface area contributed by atoms with Crippen LogP contribution < -0.4 is 11.4 Å². The second kappa shape index (κ2) is 4.84. The minimum atomic E-state index is -0.244. The van der Waals surface area contributed by atoms with Crippen molar-refractivity contribution < 1.29 is 4.74 Å². The summed E-state index contributed by atoms with van der Waals surface area (Å²) in [5, 5.41) is 8.37. The molecule has 0 bridgehead atoms. The number of rotatable bonds is 2. The van der Waals surface area contributed by atoms with Crippen LogP contribution in [0.3, 0.4) is 0 Å². The standard InChI is InChI=1S/C9H14N4O2S/c1-16-9-12-11-7(8(14)13(9)10)6-2-4-15-5-3-6/h6H,2-5,10H2,1H3. The minimum absolute atomic E-state index is 0.124. The van der Waals surface area contributed by atoms with E-state index in [1.807, 2.05) is 0 Å². The predicted octanol–water partition coefficient (Wildman–Crippen LogP) is -0.0320. The summed E-state index contributed by atoms with van der Waals surface area (Å²) in [6.07, 6.45) is 3.42. The topological polar surface area (TPSA) is 83.0 Å². The first kappa shape index (κ1) is 11.4. The van der Waals surface area contributed by atoms with Crippen molar-refractivity contribution in [2.75, 3.05) is 25.3 Å². The van der Waals surface area contributed by atoms with E-state index in [1.165, 1.54) is 11.8 Å². The second-order valence-corrected chi connectivity index (χ2v) is 4.41. The molecule has 1 aliphatic rings. The summed E-state index contributed by atoms with van der Waals surface area (Å²) >= 11 is 1.30. The first-order valence-corrected chi connectivity index (χ1v) is 6.33. The van der Waals surface area contributed by atoms with E-state index in [-0.39, 0.29) is 11.5 Å². The number of nitrogens with two attached hydrogens (primary N) is 1. The van der Waals surface area contributed by atoms with Crippen LogP contribution in [0.5, 0.6) is 0 Å². The Hall–Kier alpha value is -1.08. The molecule has 2 N–H and O–H groups in total. The zero-order chi connectivity index (χ0) is 11.5. The van der Waals surface area contributed by atoms with Crippen LogP contribution in [-0.4, -0.2) is 34.3 Å². The summed E-state index contributed by atoms with van der Waals surface area (Å²) in [5.41, 5.74) is 0.217. The lowest BCUT2D eigenvalue weighted by molar-refractivity contribution is 0.0838. The van der Waals surface area contributed by atoms with Gasteiger partial charge < -0.3 is 10.6 Å². The van der Waals surface area contributed by atoms with Crippen molar-refractivity contribution in [2.24, 2.45) is 0 Å². The molecule has 1 aromatic rings. The summed E-state index contributed by atoms with van der Waals surface area (Å²) in [4.78, 5) is 11.9. The zero-order valence-electron chi connectivity index (χ0n) is 9.05. The Labute approximate surface area is 97.2 Å². The lowest BCUT2D eigenvalue weighted by atomic mass is 9.97. The van der Waals surface area contributed by atoms with Crippen molar-refractivity contribution in [3.8, 4) is 0 Å². The number of hydrogen-bond donors (Lipinski definition) is 1. The molecule has 0 saturated carbocycles. The number of nitrogens with zero attached hydrogens (tertiary/aromatic N) is 3. The molecule has 1 fully saturated rings. The molecule has 0 aromatic carbocycles. The fourth-order valence-electron chi connectivity index (χ4n) is 1.76. The van der Waals surface area contributed by atoms with Gasteiger partial charge in [-0.05, 0) is 19.1 Å². The van der Waals surface area contributed by atoms with Gasteiger partial charge in [0.2, 0.25) is 5.16 Å². The normalized spacial score (nSPS) is 17.6. The molecule has 0 atom stereocenters. The van der Waals surface area contributed by atoms with E-state index in [0.717, 1.165) is 17.5 Å². The van der Waals surface area contributed by atoms with E-state index < -0.39 is 0 Å². The maximum Gasteiger partial charge on any atom is 0.294 e. The molecule has 2 heterocycles. The Morgan fingerprint density at radius 3 is 2.75 bits per heavy atom. The Bertz CT molecular complexity index is 428. The predicted molar refractivity (Wildman–Crippen MR) is 61.0 cm³/mol. The van der Waals surface area contributed by atoms with E-state index in [9.17, 15) is 4.79 Å². The number of nitrogen functional groups attached to an aromatic ring is 1. The van der Waals surface area contributed by atoms with E-state index in [2.05, 4.69) is 10.2 Å². The van der Waals surface area contributed by atoms with Crippen LogP contribution in [0, 0.1) is 0 Å². The van der Waals surface area contributed by atoms with Gasteiger partial charge in [0.05, 0.1) is 0 Å². The Morgan fingerprint density at radius 2 is 2.12 bits per heavy atom. The molecule has 1 aromatic heterocycles. The maximum absolute atomic E-state index is 11.9. The molecule has 6 nitrogen and oxygen atoms in total. The van der Waals surface area contributed by atoms with Gasteiger partial charge in [-0.15, -0.1) is 10.2 Å². The van der Waals surface area contributed by atoms with Crippen LogP contribution in [0.2, 0.25) is 0 Å². The van der Waals surface area contributed by atoms with Gasteiger partial charge in [-0.3, -0.25) is 4.79 Å². The van der Waals surface area contributed by atoms with Gasteiger partial charge in [-0.25, -0.2) is 0 Å². The first-order chi connectivity index (χ1) is 7.74. The molecular weight excluding hydrogens is 228 g/mol. The van der Waals surface area contributed by atoms with E-state index in [0.29, 0.717) is 24.1 Å². The molecule has 0 spiro atoms. The Morgan fingerprint density at radius 1 is 1.44 bits per heavy atom. The van der Waals surface area contributed by atoms with Crippen molar-refractivity contribution in [3.05, 3.63) is 16.0 Å². The molecule has 1 aliphatic heterocycles. The lowest BCUT2D eigenvalue weighted by Crippen LogP contribution is -2.35.